The summed E-state index contributed by atoms with van der Waals surface area (Å²) in [6.07, 6.45) is 2.31. The van der Waals surface area contributed by atoms with Gasteiger partial charge in [-0.05, 0) is 41.7 Å². The van der Waals surface area contributed by atoms with Crippen LogP contribution in [0.15, 0.2) is 89.4 Å². The summed E-state index contributed by atoms with van der Waals surface area (Å²) in [5.41, 5.74) is 3.13. The molecule has 0 bridgehead atoms. The number of hydrogen-bond donors (Lipinski definition) is 1. The maximum atomic E-state index is 13.5. The highest BCUT2D eigenvalue weighted by Gasteiger charge is 2.30. The van der Waals surface area contributed by atoms with Crippen LogP contribution in [0.4, 0.5) is 0 Å². The van der Waals surface area contributed by atoms with Gasteiger partial charge in [0.2, 0.25) is 11.8 Å². The fraction of sp³-hybridized carbons (Fsp3) is 0.286. The minimum atomic E-state index is -0.582. The number of nitrogens with zero attached hydrogens (tertiary/aromatic N) is 1. The van der Waals surface area contributed by atoms with E-state index < -0.39 is 6.04 Å². The molecule has 0 unspecified atom stereocenters. The van der Waals surface area contributed by atoms with Gasteiger partial charge in [-0.25, -0.2) is 0 Å². The highest BCUT2D eigenvalue weighted by atomic mass is 79.9. The van der Waals surface area contributed by atoms with E-state index in [1.165, 1.54) is 0 Å². The summed E-state index contributed by atoms with van der Waals surface area (Å²) in [7, 11) is 0. The van der Waals surface area contributed by atoms with Gasteiger partial charge in [0.1, 0.15) is 6.04 Å². The second-order valence-corrected chi connectivity index (χ2v) is 9.05. The topological polar surface area (TPSA) is 49.4 Å². The predicted molar refractivity (Wildman–Crippen MR) is 137 cm³/mol. The van der Waals surface area contributed by atoms with E-state index >= 15 is 0 Å². The molecule has 0 saturated carbocycles. The molecule has 0 heterocycles. The third-order valence-corrected chi connectivity index (χ3v) is 6.03. The van der Waals surface area contributed by atoms with Gasteiger partial charge in [0.05, 0.1) is 0 Å². The standard InChI is InChI=1S/C28H31BrN2O2/c1-2-18-30-28(33)26(20-23-12-7-4-8-13-23)31(21-24-14-9-15-25(29)19-24)27(32)17-16-22-10-5-3-6-11-22/h3-15,19,26H,2,16-18,20-21H2,1H3,(H,30,33)/t26-/m0/s1. The van der Waals surface area contributed by atoms with Crippen LogP contribution < -0.4 is 5.32 Å². The maximum Gasteiger partial charge on any atom is 0.243 e. The van der Waals surface area contributed by atoms with Gasteiger partial charge in [-0.2, -0.15) is 0 Å². The highest BCUT2D eigenvalue weighted by molar-refractivity contribution is 9.10. The lowest BCUT2D eigenvalue weighted by molar-refractivity contribution is -0.141. The van der Waals surface area contributed by atoms with E-state index in [4.69, 9.17) is 0 Å². The second-order valence-electron chi connectivity index (χ2n) is 8.13. The molecular formula is C28H31BrN2O2. The largest absolute Gasteiger partial charge is 0.354 e. The van der Waals surface area contributed by atoms with Crippen molar-refractivity contribution in [3.8, 4) is 0 Å². The molecule has 5 heteroatoms. The van der Waals surface area contributed by atoms with Crippen molar-refractivity contribution in [2.45, 2.75) is 45.2 Å². The molecule has 0 aliphatic rings. The number of hydrogen-bond acceptors (Lipinski definition) is 2. The summed E-state index contributed by atoms with van der Waals surface area (Å²) in [6, 6.07) is 27.2. The average Bonchev–Trinajstić information content (AvgIpc) is 2.84. The zero-order chi connectivity index (χ0) is 23.5. The molecule has 0 aliphatic carbocycles. The molecule has 0 saturated heterocycles. The van der Waals surface area contributed by atoms with Crippen LogP contribution in [-0.2, 0) is 29.0 Å². The predicted octanol–water partition coefficient (Wildman–Crippen LogP) is 5.55. The van der Waals surface area contributed by atoms with Crippen molar-refractivity contribution in [1.82, 2.24) is 10.2 Å². The first-order valence-corrected chi connectivity index (χ1v) is 12.3. The molecule has 2 amide bonds. The number of carbonyl (C=O) groups excluding carboxylic acids is 2. The monoisotopic (exact) mass is 506 g/mol. The quantitative estimate of drug-likeness (QED) is 0.370. The lowest BCUT2D eigenvalue weighted by Gasteiger charge is -2.31. The minimum absolute atomic E-state index is 0.0218. The first kappa shape index (κ1) is 24.7. The molecule has 3 rings (SSSR count). The molecule has 0 fully saturated rings. The molecule has 0 aliphatic heterocycles. The Balaban J connectivity index is 1.88. The number of carbonyl (C=O) groups is 2. The van der Waals surface area contributed by atoms with Crippen LogP contribution in [0, 0.1) is 0 Å². The van der Waals surface area contributed by atoms with Crippen LogP contribution in [0.5, 0.6) is 0 Å². The molecule has 3 aromatic carbocycles. The number of amides is 2. The molecule has 0 radical (unpaired) electrons. The van der Waals surface area contributed by atoms with Crippen molar-refractivity contribution < 1.29 is 9.59 Å². The zero-order valence-electron chi connectivity index (χ0n) is 19.0. The molecule has 172 valence electrons. The van der Waals surface area contributed by atoms with Gasteiger partial charge in [-0.15, -0.1) is 0 Å². The first-order chi connectivity index (χ1) is 16.1. The number of nitrogens with one attached hydrogen (secondary N) is 1. The van der Waals surface area contributed by atoms with Crippen LogP contribution in [0.3, 0.4) is 0 Å². The van der Waals surface area contributed by atoms with Crippen LogP contribution in [0.1, 0.15) is 36.5 Å². The average molecular weight is 507 g/mol. The summed E-state index contributed by atoms with van der Waals surface area (Å²) in [5, 5.41) is 3.02. The molecule has 33 heavy (non-hydrogen) atoms. The Morgan fingerprint density at radius 2 is 1.52 bits per heavy atom. The van der Waals surface area contributed by atoms with Crippen LogP contribution in [0.25, 0.3) is 0 Å². The molecular weight excluding hydrogens is 476 g/mol. The van der Waals surface area contributed by atoms with Crippen molar-refractivity contribution in [2.24, 2.45) is 0 Å². The van der Waals surface area contributed by atoms with E-state index in [2.05, 4.69) is 21.2 Å². The van der Waals surface area contributed by atoms with Crippen molar-refractivity contribution in [1.29, 1.82) is 0 Å². The SMILES string of the molecule is CCCNC(=O)[C@H](Cc1ccccc1)N(Cc1cccc(Br)c1)C(=O)CCc1ccccc1. The zero-order valence-corrected chi connectivity index (χ0v) is 20.6. The van der Waals surface area contributed by atoms with E-state index in [-0.39, 0.29) is 11.8 Å². The van der Waals surface area contributed by atoms with Crippen LogP contribution >= 0.6 is 15.9 Å². The van der Waals surface area contributed by atoms with Crippen LogP contribution in [-0.4, -0.2) is 29.3 Å². The van der Waals surface area contributed by atoms with Gasteiger partial charge in [0.25, 0.3) is 0 Å². The van der Waals surface area contributed by atoms with Gasteiger partial charge < -0.3 is 10.2 Å². The third-order valence-electron chi connectivity index (χ3n) is 5.53. The Kier molecular flexibility index (Phi) is 9.70. The minimum Gasteiger partial charge on any atom is -0.354 e. The maximum absolute atomic E-state index is 13.5. The fourth-order valence-electron chi connectivity index (χ4n) is 3.79. The smallest absolute Gasteiger partial charge is 0.243 e. The van der Waals surface area contributed by atoms with Gasteiger partial charge >= 0.3 is 0 Å². The van der Waals surface area contributed by atoms with Crippen molar-refractivity contribution in [3.63, 3.8) is 0 Å². The lowest BCUT2D eigenvalue weighted by atomic mass is 10.0. The Hall–Kier alpha value is -2.92. The molecule has 1 atom stereocenters. The Morgan fingerprint density at radius 3 is 2.15 bits per heavy atom. The number of aryl methyl sites for hydroxylation is 1. The van der Waals surface area contributed by atoms with E-state index in [1.807, 2.05) is 91.9 Å². The molecule has 4 nitrogen and oxygen atoms in total. The van der Waals surface area contributed by atoms with Gasteiger partial charge in [-0.3, -0.25) is 9.59 Å². The molecule has 1 N–H and O–H groups in total. The summed E-state index contributed by atoms with van der Waals surface area (Å²) in [5.74, 6) is -0.129. The van der Waals surface area contributed by atoms with Crippen molar-refractivity contribution >= 4 is 27.7 Å². The highest BCUT2D eigenvalue weighted by Crippen LogP contribution is 2.19. The molecule has 0 spiro atoms. The van der Waals surface area contributed by atoms with Crippen molar-refractivity contribution in [2.75, 3.05) is 6.54 Å². The number of benzene rings is 3. The second kappa shape index (κ2) is 12.9. The van der Waals surface area contributed by atoms with E-state index in [1.54, 1.807) is 4.90 Å². The summed E-state index contributed by atoms with van der Waals surface area (Å²) < 4.78 is 0.951. The van der Waals surface area contributed by atoms with E-state index in [0.29, 0.717) is 32.4 Å². The Labute approximate surface area is 205 Å². The Morgan fingerprint density at radius 1 is 0.879 bits per heavy atom. The Bertz CT molecular complexity index is 1020. The van der Waals surface area contributed by atoms with Crippen molar-refractivity contribution in [3.05, 3.63) is 106 Å². The molecule has 0 aromatic heterocycles. The summed E-state index contributed by atoms with van der Waals surface area (Å²) in [6.45, 7) is 2.99. The number of halogens is 1. The first-order valence-electron chi connectivity index (χ1n) is 11.5. The van der Waals surface area contributed by atoms with Gasteiger partial charge in [0, 0.05) is 30.4 Å². The van der Waals surface area contributed by atoms with E-state index in [9.17, 15) is 9.59 Å². The normalized spacial score (nSPS) is 11.6. The van der Waals surface area contributed by atoms with E-state index in [0.717, 1.165) is 27.6 Å². The van der Waals surface area contributed by atoms with Gasteiger partial charge in [-0.1, -0.05) is 95.7 Å². The summed E-state index contributed by atoms with van der Waals surface area (Å²) >= 11 is 3.52. The summed E-state index contributed by atoms with van der Waals surface area (Å²) in [4.78, 5) is 28.6. The molecule has 3 aromatic rings. The van der Waals surface area contributed by atoms with Crippen LogP contribution in [0.2, 0.25) is 0 Å². The lowest BCUT2D eigenvalue weighted by Crippen LogP contribution is -2.50. The number of rotatable bonds is 11. The van der Waals surface area contributed by atoms with Gasteiger partial charge in [0.15, 0.2) is 0 Å². The fourth-order valence-corrected chi connectivity index (χ4v) is 4.24. The third kappa shape index (κ3) is 7.86.